The van der Waals surface area contributed by atoms with Gasteiger partial charge in [0.1, 0.15) is 4.99 Å². The van der Waals surface area contributed by atoms with Gasteiger partial charge in [-0.05, 0) is 12.1 Å². The van der Waals surface area contributed by atoms with Gasteiger partial charge in [-0.3, -0.25) is 0 Å². The molecule has 0 fully saturated rings. The van der Waals surface area contributed by atoms with Crippen molar-refractivity contribution in [2.24, 2.45) is 5.73 Å². The molecule has 0 radical (unpaired) electrons. The van der Waals surface area contributed by atoms with E-state index < -0.39 is 0 Å². The summed E-state index contributed by atoms with van der Waals surface area (Å²) in [7, 11) is 0. The van der Waals surface area contributed by atoms with Crippen LogP contribution in [0.5, 0.6) is 0 Å². The summed E-state index contributed by atoms with van der Waals surface area (Å²) in [5.74, 6) is 0.569. The first-order valence-corrected chi connectivity index (χ1v) is 2.55. The third-order valence-corrected chi connectivity index (χ3v) is 0.965. The smallest absolute Gasteiger partial charge is 0.160 e. The van der Waals surface area contributed by atoms with Crippen LogP contribution in [0.15, 0.2) is 22.8 Å². The average molecular weight is 208 g/mol. The molecule has 0 unspecified atom stereocenters. The van der Waals surface area contributed by atoms with E-state index in [0.29, 0.717) is 10.7 Å². The highest BCUT2D eigenvalue weighted by atomic mass is 79.9. The van der Waals surface area contributed by atoms with Gasteiger partial charge in [-0.2, -0.15) is 0 Å². The fourth-order valence-electron chi connectivity index (χ4n) is 0.419. The number of hydrogen-bond donors (Lipinski definition) is 1. The fourth-order valence-corrected chi connectivity index (χ4v) is 0.535. The van der Waals surface area contributed by atoms with Gasteiger partial charge < -0.3 is 10.2 Å². The molecule has 0 spiro atoms. The molecule has 4 heteroatoms. The molecule has 2 N–H and O–H groups in total. The van der Waals surface area contributed by atoms with Crippen molar-refractivity contribution in [1.29, 1.82) is 0 Å². The van der Waals surface area contributed by atoms with Gasteiger partial charge in [0.25, 0.3) is 0 Å². The molecule has 0 aromatic carbocycles. The van der Waals surface area contributed by atoms with Gasteiger partial charge in [-0.15, -0.1) is 17.0 Å². The van der Waals surface area contributed by atoms with E-state index in [2.05, 4.69) is 12.2 Å². The second kappa shape index (κ2) is 3.63. The minimum Gasteiger partial charge on any atom is -0.462 e. The molecule has 0 amide bonds. The Bertz CT molecular complexity index is 185. The van der Waals surface area contributed by atoms with Gasteiger partial charge in [-0.25, -0.2) is 0 Å². The van der Waals surface area contributed by atoms with E-state index in [1.165, 1.54) is 6.26 Å². The Hall–Kier alpha value is -0.350. The van der Waals surface area contributed by atoms with Crippen LogP contribution < -0.4 is 5.73 Å². The van der Waals surface area contributed by atoms with Crippen LogP contribution in [0.1, 0.15) is 5.76 Å². The summed E-state index contributed by atoms with van der Waals surface area (Å²) in [5, 5.41) is 0. The molecule has 1 heterocycles. The van der Waals surface area contributed by atoms with E-state index in [-0.39, 0.29) is 17.0 Å². The summed E-state index contributed by atoms with van der Waals surface area (Å²) in [6.45, 7) is 0. The van der Waals surface area contributed by atoms with Gasteiger partial charge in [0.2, 0.25) is 0 Å². The maximum atomic E-state index is 5.20. The zero-order valence-corrected chi connectivity index (χ0v) is 7.06. The number of thiocarbonyl (C=S) groups is 1. The van der Waals surface area contributed by atoms with Crippen molar-refractivity contribution in [2.45, 2.75) is 0 Å². The molecule has 2 nitrogen and oxygen atoms in total. The second-order valence-electron chi connectivity index (χ2n) is 1.34. The van der Waals surface area contributed by atoms with Gasteiger partial charge in [-0.1, -0.05) is 12.2 Å². The van der Waals surface area contributed by atoms with Crippen LogP contribution in [0.4, 0.5) is 0 Å². The number of halogens is 1. The highest BCUT2D eigenvalue weighted by molar-refractivity contribution is 8.93. The molecular formula is C5H6BrNOS. The lowest BCUT2D eigenvalue weighted by molar-refractivity contribution is 0.558. The van der Waals surface area contributed by atoms with Crippen LogP contribution in [0.2, 0.25) is 0 Å². The van der Waals surface area contributed by atoms with Gasteiger partial charge in [0.15, 0.2) is 5.76 Å². The second-order valence-corrected chi connectivity index (χ2v) is 1.78. The Labute approximate surface area is 68.8 Å². The van der Waals surface area contributed by atoms with Gasteiger partial charge in [0.05, 0.1) is 6.26 Å². The van der Waals surface area contributed by atoms with Gasteiger partial charge >= 0.3 is 0 Å². The third-order valence-electron chi connectivity index (χ3n) is 0.764. The first-order valence-electron chi connectivity index (χ1n) is 2.14. The molecule has 9 heavy (non-hydrogen) atoms. The van der Waals surface area contributed by atoms with Crippen LogP contribution in [0.3, 0.4) is 0 Å². The topological polar surface area (TPSA) is 39.2 Å². The van der Waals surface area contributed by atoms with Crippen LogP contribution in [-0.4, -0.2) is 4.99 Å². The van der Waals surface area contributed by atoms with E-state index in [4.69, 9.17) is 10.2 Å². The highest BCUT2D eigenvalue weighted by Crippen LogP contribution is 1.97. The van der Waals surface area contributed by atoms with Crippen molar-refractivity contribution in [3.63, 3.8) is 0 Å². The van der Waals surface area contributed by atoms with E-state index in [9.17, 15) is 0 Å². The largest absolute Gasteiger partial charge is 0.462 e. The van der Waals surface area contributed by atoms with E-state index >= 15 is 0 Å². The predicted molar refractivity (Wildman–Crippen MR) is 44.9 cm³/mol. The molecule has 50 valence electrons. The standard InChI is InChI=1S/C5H5NOS.BrH/c6-5(8)4-2-1-3-7-4;/h1-3H,(H2,6,8);1H. The van der Waals surface area contributed by atoms with Crippen LogP contribution >= 0.6 is 29.2 Å². The lowest BCUT2D eigenvalue weighted by atomic mass is 10.5. The summed E-state index contributed by atoms with van der Waals surface area (Å²) in [6, 6.07) is 3.47. The zero-order valence-electron chi connectivity index (χ0n) is 4.53. The minimum atomic E-state index is 0. The summed E-state index contributed by atoms with van der Waals surface area (Å²) >= 11 is 4.60. The SMILES string of the molecule is Br.NC(=S)c1ccco1. The molecule has 0 aliphatic rings. The number of hydrogen-bond acceptors (Lipinski definition) is 2. The quantitative estimate of drug-likeness (QED) is 0.710. The fraction of sp³-hybridized carbons (Fsp3) is 0. The Balaban J connectivity index is 0.000000640. The number of nitrogens with two attached hydrogens (primary N) is 1. The Kier molecular flexibility index (Phi) is 3.49. The number of rotatable bonds is 1. The minimum absolute atomic E-state index is 0. The van der Waals surface area contributed by atoms with Crippen LogP contribution in [0.25, 0.3) is 0 Å². The Morgan fingerprint density at radius 1 is 1.67 bits per heavy atom. The molecule has 0 atom stereocenters. The molecule has 0 saturated heterocycles. The Morgan fingerprint density at radius 2 is 2.33 bits per heavy atom. The monoisotopic (exact) mass is 207 g/mol. The molecule has 1 aromatic heterocycles. The summed E-state index contributed by atoms with van der Waals surface area (Å²) in [4.78, 5) is 0.301. The van der Waals surface area contributed by atoms with Crippen molar-refractivity contribution >= 4 is 34.2 Å². The van der Waals surface area contributed by atoms with Crippen LogP contribution in [-0.2, 0) is 0 Å². The lowest BCUT2D eigenvalue weighted by Crippen LogP contribution is -2.07. The predicted octanol–water partition coefficient (Wildman–Crippen LogP) is 1.49. The van der Waals surface area contributed by atoms with Crippen molar-refractivity contribution in [3.05, 3.63) is 24.2 Å². The maximum Gasteiger partial charge on any atom is 0.160 e. The molecule has 0 aliphatic heterocycles. The summed E-state index contributed by atoms with van der Waals surface area (Å²) < 4.78 is 4.83. The van der Waals surface area contributed by atoms with E-state index in [1.807, 2.05) is 0 Å². The highest BCUT2D eigenvalue weighted by Gasteiger charge is 1.94. The number of furan rings is 1. The Morgan fingerprint density at radius 3 is 2.56 bits per heavy atom. The zero-order chi connectivity index (χ0) is 5.98. The summed E-state index contributed by atoms with van der Waals surface area (Å²) in [6.07, 6.45) is 1.54. The molecular weight excluding hydrogens is 202 g/mol. The third kappa shape index (κ3) is 2.15. The van der Waals surface area contributed by atoms with Crippen molar-refractivity contribution in [1.82, 2.24) is 0 Å². The first kappa shape index (κ1) is 8.65. The van der Waals surface area contributed by atoms with Crippen molar-refractivity contribution in [3.8, 4) is 0 Å². The van der Waals surface area contributed by atoms with Crippen molar-refractivity contribution < 1.29 is 4.42 Å². The molecule has 1 rings (SSSR count). The molecule has 0 bridgehead atoms. The van der Waals surface area contributed by atoms with E-state index in [1.54, 1.807) is 12.1 Å². The summed E-state index contributed by atoms with van der Waals surface area (Å²) in [5.41, 5.74) is 5.20. The maximum absolute atomic E-state index is 5.20. The lowest BCUT2D eigenvalue weighted by Gasteiger charge is -1.84. The average Bonchev–Trinajstić information content (AvgIpc) is 2.12. The normalized spacial score (nSPS) is 8.00. The molecule has 1 aromatic rings. The van der Waals surface area contributed by atoms with Gasteiger partial charge in [0, 0.05) is 0 Å². The molecule has 0 saturated carbocycles. The van der Waals surface area contributed by atoms with E-state index in [0.717, 1.165) is 0 Å². The van der Waals surface area contributed by atoms with Crippen molar-refractivity contribution in [2.75, 3.05) is 0 Å². The first-order chi connectivity index (χ1) is 3.80. The van der Waals surface area contributed by atoms with Crippen LogP contribution in [0, 0.1) is 0 Å². The molecule has 0 aliphatic carbocycles.